The molecule has 36 heavy (non-hydrogen) atoms. The minimum atomic E-state index is -0.618. The molecule has 0 aliphatic carbocycles. The summed E-state index contributed by atoms with van der Waals surface area (Å²) in [5, 5.41) is 17.7. The third-order valence-corrected chi connectivity index (χ3v) is 6.28. The number of aromatic nitrogens is 2. The Morgan fingerprint density at radius 1 is 1.06 bits per heavy atom. The molecule has 0 saturated heterocycles. The van der Waals surface area contributed by atoms with Crippen LogP contribution in [-0.2, 0) is 6.54 Å². The Morgan fingerprint density at radius 3 is 2.50 bits per heavy atom. The van der Waals surface area contributed by atoms with Gasteiger partial charge in [-0.25, -0.2) is 4.79 Å². The van der Waals surface area contributed by atoms with Crippen molar-refractivity contribution < 1.29 is 19.2 Å². The molecule has 5 rings (SSSR count). The third-order valence-electron chi connectivity index (χ3n) is 6.28. The highest BCUT2D eigenvalue weighted by atomic mass is 16.5. The summed E-state index contributed by atoms with van der Waals surface area (Å²) in [6, 6.07) is 21.7. The Labute approximate surface area is 208 Å². The van der Waals surface area contributed by atoms with E-state index in [1.165, 1.54) is 7.11 Å². The maximum atomic E-state index is 13.3. The van der Waals surface area contributed by atoms with Gasteiger partial charge >= 0.3 is 6.03 Å². The van der Waals surface area contributed by atoms with E-state index in [1.807, 2.05) is 68.4 Å². The lowest BCUT2D eigenvalue weighted by atomic mass is 9.94. The highest BCUT2D eigenvalue weighted by Crippen LogP contribution is 2.40. The topological polar surface area (TPSA) is 101 Å². The molecule has 0 fully saturated rings. The number of allylic oxidation sites excluding steroid dienone is 1. The SMILES string of the molecule is COc1ccc(C2NC(=O)N(Cc3ccc(C)cc3)C(C)=C2c2nc(-c3ccccc3)no2)cc1O. The van der Waals surface area contributed by atoms with E-state index in [2.05, 4.69) is 15.5 Å². The maximum Gasteiger partial charge on any atom is 0.322 e. The van der Waals surface area contributed by atoms with Gasteiger partial charge in [0.15, 0.2) is 11.5 Å². The number of methoxy groups -OCH3 is 1. The Kier molecular flexibility index (Phi) is 6.16. The normalized spacial score (nSPS) is 15.7. The molecule has 8 heteroatoms. The van der Waals surface area contributed by atoms with Gasteiger partial charge < -0.3 is 19.7 Å². The van der Waals surface area contributed by atoms with Crippen molar-refractivity contribution in [1.29, 1.82) is 0 Å². The molecule has 0 spiro atoms. The quantitative estimate of drug-likeness (QED) is 0.379. The molecule has 8 nitrogen and oxygen atoms in total. The molecule has 2 N–H and O–H groups in total. The van der Waals surface area contributed by atoms with Gasteiger partial charge in [0.25, 0.3) is 5.89 Å². The number of nitrogens with zero attached hydrogens (tertiary/aromatic N) is 3. The van der Waals surface area contributed by atoms with E-state index in [0.29, 0.717) is 40.8 Å². The summed E-state index contributed by atoms with van der Waals surface area (Å²) >= 11 is 0. The van der Waals surface area contributed by atoms with Crippen molar-refractivity contribution >= 4 is 11.6 Å². The summed E-state index contributed by atoms with van der Waals surface area (Å²) in [4.78, 5) is 19.6. The van der Waals surface area contributed by atoms with E-state index in [4.69, 9.17) is 9.26 Å². The van der Waals surface area contributed by atoms with Gasteiger partial charge in [-0.3, -0.25) is 4.90 Å². The predicted octanol–water partition coefficient (Wildman–Crippen LogP) is 5.46. The zero-order valence-corrected chi connectivity index (χ0v) is 20.2. The fraction of sp³-hybridized carbons (Fsp3) is 0.179. The second-order valence-electron chi connectivity index (χ2n) is 8.67. The van der Waals surface area contributed by atoms with Gasteiger partial charge in [-0.05, 0) is 37.1 Å². The molecule has 0 radical (unpaired) electrons. The van der Waals surface area contributed by atoms with E-state index < -0.39 is 6.04 Å². The molecule has 0 bridgehead atoms. The number of urea groups is 1. The van der Waals surface area contributed by atoms with Crippen LogP contribution in [0.15, 0.2) is 83.0 Å². The monoisotopic (exact) mass is 482 g/mol. The van der Waals surface area contributed by atoms with Crippen LogP contribution in [0.25, 0.3) is 17.0 Å². The van der Waals surface area contributed by atoms with Crippen LogP contribution in [-0.4, -0.2) is 33.3 Å². The van der Waals surface area contributed by atoms with E-state index in [1.54, 1.807) is 23.1 Å². The zero-order valence-electron chi connectivity index (χ0n) is 20.2. The van der Waals surface area contributed by atoms with E-state index in [-0.39, 0.29) is 11.8 Å². The Bertz CT molecular complexity index is 1430. The van der Waals surface area contributed by atoms with Crippen molar-refractivity contribution in [3.05, 3.63) is 101 Å². The predicted molar refractivity (Wildman–Crippen MR) is 135 cm³/mol. The van der Waals surface area contributed by atoms with Gasteiger partial charge in [0.05, 0.1) is 25.3 Å². The lowest BCUT2D eigenvalue weighted by Crippen LogP contribution is -2.45. The first kappa shape index (κ1) is 23.2. The van der Waals surface area contributed by atoms with Crippen molar-refractivity contribution in [2.75, 3.05) is 7.11 Å². The maximum absolute atomic E-state index is 13.3. The molecule has 3 aromatic carbocycles. The molecular weight excluding hydrogens is 456 g/mol. The smallest absolute Gasteiger partial charge is 0.322 e. The third kappa shape index (κ3) is 4.40. The second kappa shape index (κ2) is 9.58. The number of phenols is 1. The number of hydrogen-bond acceptors (Lipinski definition) is 6. The fourth-order valence-corrected chi connectivity index (χ4v) is 4.30. The molecule has 0 saturated carbocycles. The molecule has 1 atom stereocenters. The van der Waals surface area contributed by atoms with Crippen LogP contribution in [0.4, 0.5) is 4.79 Å². The number of aryl methyl sites for hydroxylation is 1. The van der Waals surface area contributed by atoms with Crippen molar-refractivity contribution in [3.63, 3.8) is 0 Å². The number of hydrogen-bond donors (Lipinski definition) is 2. The molecule has 1 unspecified atom stereocenters. The highest BCUT2D eigenvalue weighted by molar-refractivity contribution is 5.87. The van der Waals surface area contributed by atoms with Gasteiger partial charge in [-0.2, -0.15) is 4.98 Å². The van der Waals surface area contributed by atoms with Gasteiger partial charge in [-0.1, -0.05) is 71.4 Å². The number of amides is 2. The number of rotatable bonds is 6. The molecule has 182 valence electrons. The number of carbonyl (C=O) groups excluding carboxylic acids is 1. The number of nitrogens with one attached hydrogen (secondary N) is 1. The summed E-state index contributed by atoms with van der Waals surface area (Å²) in [5.41, 5.74) is 4.95. The first-order chi connectivity index (χ1) is 17.4. The second-order valence-corrected chi connectivity index (χ2v) is 8.67. The number of ether oxygens (including phenoxy) is 1. The number of aromatic hydroxyl groups is 1. The van der Waals surface area contributed by atoms with Gasteiger partial charge in [0.1, 0.15) is 0 Å². The van der Waals surface area contributed by atoms with Gasteiger partial charge in [0, 0.05) is 11.3 Å². The van der Waals surface area contributed by atoms with Crippen LogP contribution in [0.5, 0.6) is 11.5 Å². The molecule has 2 amide bonds. The van der Waals surface area contributed by atoms with E-state index >= 15 is 0 Å². The minimum absolute atomic E-state index is 0.0289. The Morgan fingerprint density at radius 2 is 1.81 bits per heavy atom. The van der Waals surface area contributed by atoms with Crippen molar-refractivity contribution in [2.24, 2.45) is 0 Å². The van der Waals surface area contributed by atoms with Gasteiger partial charge in [-0.15, -0.1) is 0 Å². The fourth-order valence-electron chi connectivity index (χ4n) is 4.30. The van der Waals surface area contributed by atoms with E-state index in [0.717, 1.165) is 16.7 Å². The Balaban J connectivity index is 1.60. The summed E-state index contributed by atoms with van der Waals surface area (Å²) < 4.78 is 10.9. The van der Waals surface area contributed by atoms with Crippen LogP contribution in [0.1, 0.15) is 35.5 Å². The first-order valence-corrected chi connectivity index (χ1v) is 11.6. The number of carbonyl (C=O) groups is 1. The van der Waals surface area contributed by atoms with Crippen molar-refractivity contribution in [1.82, 2.24) is 20.4 Å². The largest absolute Gasteiger partial charge is 0.504 e. The van der Waals surface area contributed by atoms with Crippen LogP contribution >= 0.6 is 0 Å². The van der Waals surface area contributed by atoms with Crippen molar-refractivity contribution in [2.45, 2.75) is 26.4 Å². The van der Waals surface area contributed by atoms with Crippen LogP contribution in [0, 0.1) is 6.92 Å². The molecule has 1 aliphatic rings. The van der Waals surface area contributed by atoms with Crippen LogP contribution < -0.4 is 10.1 Å². The summed E-state index contributed by atoms with van der Waals surface area (Å²) in [6.45, 7) is 4.27. The van der Waals surface area contributed by atoms with E-state index in [9.17, 15) is 9.90 Å². The zero-order chi connectivity index (χ0) is 25.2. The first-order valence-electron chi connectivity index (χ1n) is 11.6. The Hall–Kier alpha value is -4.59. The lowest BCUT2D eigenvalue weighted by Gasteiger charge is -2.35. The molecule has 2 heterocycles. The summed E-state index contributed by atoms with van der Waals surface area (Å²) in [5.74, 6) is 1.05. The van der Waals surface area contributed by atoms with Crippen molar-refractivity contribution in [3.8, 4) is 22.9 Å². The number of phenolic OH excluding ortho intramolecular Hbond substituents is 1. The average Bonchev–Trinajstić information content (AvgIpc) is 3.37. The molecule has 1 aliphatic heterocycles. The molecular formula is C28H26N4O4. The minimum Gasteiger partial charge on any atom is -0.504 e. The summed E-state index contributed by atoms with van der Waals surface area (Å²) in [7, 11) is 1.49. The summed E-state index contributed by atoms with van der Waals surface area (Å²) in [6.07, 6.45) is 0. The van der Waals surface area contributed by atoms with Crippen LogP contribution in [0.2, 0.25) is 0 Å². The lowest BCUT2D eigenvalue weighted by molar-refractivity contribution is 0.203. The van der Waals surface area contributed by atoms with Gasteiger partial charge in [0.2, 0.25) is 5.82 Å². The molecule has 4 aromatic rings. The standard InChI is InChI=1S/C28H26N4O4/c1-17-9-11-19(12-10-17)16-32-18(2)24(27-30-26(31-36-27)20-7-5-4-6-8-20)25(29-28(32)34)21-13-14-23(35-3)22(33)15-21/h4-15,25,33H,16H2,1-3H3,(H,29,34). The van der Waals surface area contributed by atoms with Crippen LogP contribution in [0.3, 0.4) is 0 Å². The average molecular weight is 483 g/mol. The number of benzene rings is 3. The highest BCUT2D eigenvalue weighted by Gasteiger charge is 2.36. The molecule has 1 aromatic heterocycles.